The van der Waals surface area contributed by atoms with Crippen molar-refractivity contribution in [3.05, 3.63) is 103 Å². The number of hydrogen-bond acceptors (Lipinski definition) is 0. The molecule has 0 amide bonds. The van der Waals surface area contributed by atoms with Crippen LogP contribution in [0.5, 0.6) is 0 Å². The first-order valence-electron chi connectivity index (χ1n) is 9.51. The molecule has 0 heterocycles. The van der Waals surface area contributed by atoms with Crippen LogP contribution in [0, 0.1) is 0 Å². The van der Waals surface area contributed by atoms with Crippen LogP contribution in [0.25, 0.3) is 48.7 Å². The Balaban J connectivity index is 1.83. The van der Waals surface area contributed by atoms with Crippen molar-refractivity contribution in [3.63, 3.8) is 0 Å². The minimum Gasteiger partial charge on any atom is -0.0801 e. The number of hydrogen-bond donors (Lipinski definition) is 0. The predicted molar refractivity (Wildman–Crippen MR) is 118 cm³/mol. The Bertz CT molecular complexity index is 1430. The van der Waals surface area contributed by atoms with Crippen molar-refractivity contribution < 1.29 is 0 Å². The first-order chi connectivity index (χ1) is 13.4. The van der Waals surface area contributed by atoms with Gasteiger partial charge in [0.15, 0.2) is 0 Å². The van der Waals surface area contributed by atoms with Crippen molar-refractivity contribution in [2.24, 2.45) is 0 Å². The van der Waals surface area contributed by atoms with Gasteiger partial charge in [-0.15, -0.1) is 0 Å². The van der Waals surface area contributed by atoms with Gasteiger partial charge >= 0.3 is 0 Å². The van der Waals surface area contributed by atoms with E-state index in [2.05, 4.69) is 97.1 Å². The summed E-state index contributed by atoms with van der Waals surface area (Å²) in [6, 6.07) is 29.0. The van der Waals surface area contributed by atoms with E-state index in [0.29, 0.717) is 0 Å². The minimum atomic E-state index is 1.01. The molecule has 0 heteroatoms. The van der Waals surface area contributed by atoms with Gasteiger partial charge in [0.2, 0.25) is 0 Å². The lowest BCUT2D eigenvalue weighted by atomic mass is 9.89. The molecule has 0 N–H and O–H groups in total. The lowest BCUT2D eigenvalue weighted by molar-refractivity contribution is 1.46. The summed E-state index contributed by atoms with van der Waals surface area (Å²) in [6.45, 7) is 0. The van der Waals surface area contributed by atoms with Gasteiger partial charge < -0.3 is 0 Å². The van der Waals surface area contributed by atoms with Crippen LogP contribution in [-0.2, 0) is 0 Å². The Hall–Kier alpha value is -3.38. The molecule has 0 fully saturated rings. The zero-order chi connectivity index (χ0) is 17.8. The van der Waals surface area contributed by atoms with Gasteiger partial charge in [-0.25, -0.2) is 0 Å². The molecule has 0 saturated carbocycles. The molecule has 0 aliphatic heterocycles. The summed E-state index contributed by atoms with van der Waals surface area (Å²) in [5, 5.41) is 10.6. The van der Waals surface area contributed by atoms with Gasteiger partial charge in [0, 0.05) is 0 Å². The molecule has 0 aromatic heterocycles. The Morgan fingerprint density at radius 1 is 0.519 bits per heavy atom. The van der Waals surface area contributed by atoms with Gasteiger partial charge in [-0.2, -0.15) is 0 Å². The molecule has 0 nitrogen and oxygen atoms in total. The topological polar surface area (TPSA) is 0 Å². The van der Waals surface area contributed by atoms with Gasteiger partial charge in [0.1, 0.15) is 0 Å². The number of benzene rings is 5. The fraction of sp³-hybridized carbons (Fsp3) is 0.0370. The van der Waals surface area contributed by atoms with E-state index in [-0.39, 0.29) is 0 Å². The first-order valence-corrected chi connectivity index (χ1v) is 9.51. The summed E-state index contributed by atoms with van der Waals surface area (Å²) in [5.74, 6) is 0. The third-order valence-corrected chi connectivity index (χ3v) is 5.82. The Morgan fingerprint density at radius 3 is 2.04 bits per heavy atom. The Morgan fingerprint density at radius 2 is 1.22 bits per heavy atom. The third-order valence-electron chi connectivity index (χ3n) is 5.82. The lowest BCUT2D eigenvalue weighted by Crippen LogP contribution is -1.90. The van der Waals surface area contributed by atoms with E-state index in [1.54, 1.807) is 0 Å². The van der Waals surface area contributed by atoms with E-state index in [9.17, 15) is 0 Å². The fourth-order valence-electron chi connectivity index (χ4n) is 4.54. The molecule has 0 atom stereocenters. The van der Waals surface area contributed by atoms with Gasteiger partial charge in [0.05, 0.1) is 0 Å². The van der Waals surface area contributed by atoms with E-state index in [1.165, 1.54) is 54.2 Å². The van der Waals surface area contributed by atoms with Gasteiger partial charge in [-0.1, -0.05) is 78.9 Å². The second-order valence-electron chi connectivity index (χ2n) is 7.38. The van der Waals surface area contributed by atoms with Crippen molar-refractivity contribution >= 4 is 48.7 Å². The molecular formula is C27H18. The second kappa shape index (κ2) is 5.56. The predicted octanol–water partition coefficient (Wildman–Crippen LogP) is 7.64. The first kappa shape index (κ1) is 14.8. The third kappa shape index (κ3) is 2.17. The van der Waals surface area contributed by atoms with Crippen LogP contribution in [0.1, 0.15) is 12.0 Å². The molecular weight excluding hydrogens is 324 g/mol. The monoisotopic (exact) mass is 342 g/mol. The Kier molecular flexibility index (Phi) is 3.04. The molecule has 0 radical (unpaired) electrons. The van der Waals surface area contributed by atoms with Crippen LogP contribution < -0.4 is 0 Å². The smallest absolute Gasteiger partial charge is 0.00639 e. The molecule has 0 spiro atoms. The van der Waals surface area contributed by atoms with Crippen molar-refractivity contribution in [1.82, 2.24) is 0 Å². The number of fused-ring (bicyclic) bond motifs is 5. The molecule has 5 aromatic rings. The quantitative estimate of drug-likeness (QED) is 0.217. The maximum Gasteiger partial charge on any atom is -0.00639 e. The largest absolute Gasteiger partial charge is 0.0801 e. The molecule has 5 aromatic carbocycles. The van der Waals surface area contributed by atoms with E-state index in [1.807, 2.05) is 0 Å². The highest BCUT2D eigenvalue weighted by molar-refractivity contribution is 6.19. The molecule has 1 aliphatic carbocycles. The van der Waals surface area contributed by atoms with Gasteiger partial charge in [-0.05, 0) is 78.8 Å². The normalized spacial score (nSPS) is 13.9. The van der Waals surface area contributed by atoms with Crippen molar-refractivity contribution in [2.75, 3.05) is 0 Å². The van der Waals surface area contributed by atoms with Crippen molar-refractivity contribution in [2.45, 2.75) is 6.42 Å². The number of rotatable bonds is 1. The Labute approximate surface area is 158 Å². The summed E-state index contributed by atoms with van der Waals surface area (Å²) in [4.78, 5) is 0. The molecule has 126 valence electrons. The minimum absolute atomic E-state index is 1.01. The molecule has 1 aliphatic rings. The van der Waals surface area contributed by atoms with Crippen LogP contribution in [0.3, 0.4) is 0 Å². The van der Waals surface area contributed by atoms with Crippen LogP contribution in [-0.4, -0.2) is 0 Å². The standard InChI is InChI=1S/C27H18/c1-2-8-18(7-1)27-23-12-6-5-11-21(23)17-26-24(27)14-13-22-15-19-9-3-4-10-20(19)16-25(22)26/h1-7,9-17H,8H2. The average molecular weight is 342 g/mol. The molecule has 27 heavy (non-hydrogen) atoms. The van der Waals surface area contributed by atoms with Crippen LogP contribution in [0.15, 0.2) is 97.1 Å². The van der Waals surface area contributed by atoms with E-state index in [4.69, 9.17) is 0 Å². The van der Waals surface area contributed by atoms with Crippen LogP contribution in [0.2, 0.25) is 0 Å². The van der Waals surface area contributed by atoms with Crippen LogP contribution in [0.4, 0.5) is 0 Å². The molecule has 0 unspecified atom stereocenters. The van der Waals surface area contributed by atoms with Crippen LogP contribution >= 0.6 is 0 Å². The maximum absolute atomic E-state index is 2.37. The highest BCUT2D eigenvalue weighted by Gasteiger charge is 2.14. The van der Waals surface area contributed by atoms with Gasteiger partial charge in [0.25, 0.3) is 0 Å². The molecule has 0 bridgehead atoms. The summed E-state index contributed by atoms with van der Waals surface area (Å²) in [7, 11) is 0. The van der Waals surface area contributed by atoms with Crippen molar-refractivity contribution in [1.29, 1.82) is 0 Å². The zero-order valence-corrected chi connectivity index (χ0v) is 14.9. The van der Waals surface area contributed by atoms with E-state index >= 15 is 0 Å². The number of allylic oxidation sites excluding steroid dienone is 4. The highest BCUT2D eigenvalue weighted by Crippen LogP contribution is 2.39. The SMILES string of the molecule is C1=CCC(c2c3ccccc3cc3c2ccc2cc4ccccc4cc23)=C1. The second-order valence-corrected chi connectivity index (χ2v) is 7.38. The fourth-order valence-corrected chi connectivity index (χ4v) is 4.54. The molecule has 6 rings (SSSR count). The summed E-state index contributed by atoms with van der Waals surface area (Å²) in [6.07, 6.45) is 7.71. The highest BCUT2D eigenvalue weighted by atomic mass is 14.2. The lowest BCUT2D eigenvalue weighted by Gasteiger charge is -2.15. The zero-order valence-electron chi connectivity index (χ0n) is 14.9. The summed E-state index contributed by atoms with van der Waals surface area (Å²) < 4.78 is 0. The van der Waals surface area contributed by atoms with Gasteiger partial charge in [-0.3, -0.25) is 0 Å². The summed E-state index contributed by atoms with van der Waals surface area (Å²) >= 11 is 0. The molecule has 0 saturated heterocycles. The van der Waals surface area contributed by atoms with Crippen molar-refractivity contribution in [3.8, 4) is 0 Å². The average Bonchev–Trinajstić information content (AvgIpc) is 3.25. The van der Waals surface area contributed by atoms with E-state index in [0.717, 1.165) is 6.42 Å². The van der Waals surface area contributed by atoms with E-state index < -0.39 is 0 Å². The summed E-state index contributed by atoms with van der Waals surface area (Å²) in [5.41, 5.74) is 2.81. The maximum atomic E-state index is 2.37.